The number of benzene rings is 1. The second kappa shape index (κ2) is 8.28. The second-order valence-electron chi connectivity index (χ2n) is 5.47. The zero-order valence-corrected chi connectivity index (χ0v) is 16.0. The lowest BCUT2D eigenvalue weighted by molar-refractivity contribution is 0.415. The minimum atomic E-state index is 0.584. The third-order valence-electron chi connectivity index (χ3n) is 3.63. The van der Waals surface area contributed by atoms with Gasteiger partial charge >= 0.3 is 0 Å². The van der Waals surface area contributed by atoms with Crippen LogP contribution in [0.4, 0.5) is 5.13 Å². The Hall–Kier alpha value is -2.78. The van der Waals surface area contributed by atoms with Crippen LogP contribution in [0.2, 0.25) is 0 Å². The number of aromatic nitrogens is 3. The van der Waals surface area contributed by atoms with Gasteiger partial charge in [0.2, 0.25) is 11.0 Å². The number of anilines is 1. The van der Waals surface area contributed by atoms with Crippen LogP contribution < -0.4 is 10.1 Å². The molecule has 0 bridgehead atoms. The van der Waals surface area contributed by atoms with Crippen LogP contribution in [0.1, 0.15) is 11.5 Å². The molecule has 1 aromatic carbocycles. The Kier molecular flexibility index (Phi) is 5.40. The molecule has 0 atom stereocenters. The van der Waals surface area contributed by atoms with Crippen molar-refractivity contribution in [2.24, 2.45) is 0 Å². The summed E-state index contributed by atoms with van der Waals surface area (Å²) in [5, 5.41) is 12.3. The van der Waals surface area contributed by atoms with Crippen molar-refractivity contribution in [3.05, 3.63) is 60.4 Å². The lowest BCUT2D eigenvalue weighted by Gasteiger charge is -1.99. The lowest BCUT2D eigenvalue weighted by atomic mass is 10.2. The van der Waals surface area contributed by atoms with Gasteiger partial charge < -0.3 is 18.9 Å². The van der Waals surface area contributed by atoms with Crippen molar-refractivity contribution in [3.8, 4) is 17.2 Å². The summed E-state index contributed by atoms with van der Waals surface area (Å²) >= 11 is 3.07. The van der Waals surface area contributed by atoms with Crippen LogP contribution in [-0.4, -0.2) is 22.3 Å². The van der Waals surface area contributed by atoms with Crippen molar-refractivity contribution in [1.29, 1.82) is 0 Å². The highest BCUT2D eigenvalue weighted by molar-refractivity contribution is 8.00. The number of thioether (sulfide) groups is 1. The number of nitrogens with one attached hydrogen (secondary N) is 1. The zero-order valence-electron chi connectivity index (χ0n) is 14.4. The van der Waals surface area contributed by atoms with Crippen LogP contribution in [0, 0.1) is 0 Å². The Morgan fingerprint density at radius 2 is 2.04 bits per heavy atom. The molecule has 27 heavy (non-hydrogen) atoms. The fourth-order valence-corrected chi connectivity index (χ4v) is 3.92. The largest absolute Gasteiger partial charge is 0.497 e. The smallest absolute Gasteiger partial charge is 0.226 e. The van der Waals surface area contributed by atoms with Gasteiger partial charge in [0.1, 0.15) is 17.8 Å². The summed E-state index contributed by atoms with van der Waals surface area (Å²) in [4.78, 5) is 4.53. The van der Waals surface area contributed by atoms with Crippen LogP contribution in [0.15, 0.2) is 62.1 Å². The van der Waals surface area contributed by atoms with Crippen LogP contribution >= 0.6 is 23.1 Å². The molecule has 4 rings (SSSR count). The third kappa shape index (κ3) is 4.50. The van der Waals surface area contributed by atoms with Gasteiger partial charge in [-0.25, -0.2) is 4.98 Å². The van der Waals surface area contributed by atoms with Gasteiger partial charge in [0.15, 0.2) is 4.34 Å². The van der Waals surface area contributed by atoms with Gasteiger partial charge in [-0.05, 0) is 36.4 Å². The Morgan fingerprint density at radius 3 is 2.81 bits per heavy atom. The average Bonchev–Trinajstić information content (AvgIpc) is 3.47. The predicted octanol–water partition coefficient (Wildman–Crippen LogP) is 4.70. The first-order valence-electron chi connectivity index (χ1n) is 8.11. The molecule has 0 aliphatic carbocycles. The Balaban J connectivity index is 1.32. The van der Waals surface area contributed by atoms with E-state index >= 15 is 0 Å². The maximum absolute atomic E-state index is 5.58. The van der Waals surface area contributed by atoms with Gasteiger partial charge in [-0.15, -0.1) is 10.2 Å². The summed E-state index contributed by atoms with van der Waals surface area (Å²) in [5.41, 5.74) is 1.76. The van der Waals surface area contributed by atoms with E-state index in [0.717, 1.165) is 32.2 Å². The summed E-state index contributed by atoms with van der Waals surface area (Å²) in [6, 6.07) is 11.4. The molecule has 0 aliphatic heterocycles. The van der Waals surface area contributed by atoms with Crippen molar-refractivity contribution in [3.63, 3.8) is 0 Å². The van der Waals surface area contributed by atoms with Crippen molar-refractivity contribution < 1.29 is 13.6 Å². The first-order valence-corrected chi connectivity index (χ1v) is 9.92. The van der Waals surface area contributed by atoms with Gasteiger partial charge in [-0.2, -0.15) is 0 Å². The molecule has 0 unspecified atom stereocenters. The molecule has 0 amide bonds. The molecule has 0 aliphatic rings. The molecule has 4 aromatic rings. The van der Waals surface area contributed by atoms with Crippen LogP contribution in [0.3, 0.4) is 0 Å². The molecule has 0 radical (unpaired) electrons. The summed E-state index contributed by atoms with van der Waals surface area (Å²) in [5.74, 6) is 2.90. The molecule has 7 nitrogen and oxygen atoms in total. The Bertz CT molecular complexity index is 980. The van der Waals surface area contributed by atoms with E-state index in [1.807, 2.05) is 36.4 Å². The highest BCUT2D eigenvalue weighted by Crippen LogP contribution is 2.29. The quantitative estimate of drug-likeness (QED) is 0.426. The minimum absolute atomic E-state index is 0.584. The van der Waals surface area contributed by atoms with E-state index in [-0.39, 0.29) is 0 Å². The number of hydrogen-bond donors (Lipinski definition) is 1. The standard InChI is InChI=1S/C18H16N4O3S2/c1-23-14-6-4-12(5-7-14)16-20-13(10-25-16)11-26-18-22-21-17(27-18)19-9-15-3-2-8-24-15/h2-8,10H,9,11H2,1H3,(H,19,21). The summed E-state index contributed by atoms with van der Waals surface area (Å²) in [6.07, 6.45) is 3.32. The number of rotatable bonds is 8. The average molecular weight is 400 g/mol. The number of methoxy groups -OCH3 is 1. The highest BCUT2D eigenvalue weighted by Gasteiger charge is 2.10. The molecule has 1 N–H and O–H groups in total. The molecule has 3 aromatic heterocycles. The van der Waals surface area contributed by atoms with Crippen LogP contribution in [-0.2, 0) is 12.3 Å². The maximum Gasteiger partial charge on any atom is 0.226 e. The number of nitrogens with zero attached hydrogens (tertiary/aromatic N) is 3. The molecule has 0 saturated heterocycles. The summed E-state index contributed by atoms with van der Waals surface area (Å²) in [6.45, 7) is 0.584. The first kappa shape index (κ1) is 17.6. The fourth-order valence-electron chi connectivity index (χ4n) is 2.29. The third-order valence-corrected chi connectivity index (χ3v) is 5.68. The molecular formula is C18H16N4O3S2. The Morgan fingerprint density at radius 1 is 1.15 bits per heavy atom. The fraction of sp³-hybridized carbons (Fsp3) is 0.167. The van der Waals surface area contributed by atoms with E-state index < -0.39 is 0 Å². The SMILES string of the molecule is COc1ccc(-c2nc(CSc3nnc(NCc4ccco4)s3)co2)cc1. The predicted molar refractivity (Wildman–Crippen MR) is 104 cm³/mol. The van der Waals surface area contributed by atoms with Gasteiger partial charge in [0, 0.05) is 11.3 Å². The Labute approximate surface area is 163 Å². The normalized spacial score (nSPS) is 10.9. The summed E-state index contributed by atoms with van der Waals surface area (Å²) in [7, 11) is 1.64. The molecule has 3 heterocycles. The van der Waals surface area contributed by atoms with Gasteiger partial charge in [-0.1, -0.05) is 23.1 Å². The minimum Gasteiger partial charge on any atom is -0.497 e. The molecule has 9 heteroatoms. The van der Waals surface area contributed by atoms with Crippen molar-refractivity contribution in [2.45, 2.75) is 16.6 Å². The van der Waals surface area contributed by atoms with Gasteiger partial charge in [0.25, 0.3) is 0 Å². The number of hydrogen-bond acceptors (Lipinski definition) is 9. The van der Waals surface area contributed by atoms with Crippen molar-refractivity contribution >= 4 is 28.2 Å². The lowest BCUT2D eigenvalue weighted by Crippen LogP contribution is -1.96. The van der Waals surface area contributed by atoms with E-state index in [2.05, 4.69) is 20.5 Å². The van der Waals surface area contributed by atoms with E-state index in [0.29, 0.717) is 18.2 Å². The van der Waals surface area contributed by atoms with E-state index in [4.69, 9.17) is 13.6 Å². The maximum atomic E-state index is 5.58. The number of oxazole rings is 1. The molecule has 0 fully saturated rings. The molecule has 0 spiro atoms. The van der Waals surface area contributed by atoms with E-state index in [1.54, 1.807) is 31.4 Å². The van der Waals surface area contributed by atoms with Gasteiger partial charge in [-0.3, -0.25) is 0 Å². The zero-order chi connectivity index (χ0) is 18.5. The van der Waals surface area contributed by atoms with Gasteiger partial charge in [0.05, 0.1) is 25.6 Å². The van der Waals surface area contributed by atoms with E-state index in [9.17, 15) is 0 Å². The monoisotopic (exact) mass is 400 g/mol. The molecule has 0 saturated carbocycles. The first-order chi connectivity index (χ1) is 13.3. The second-order valence-corrected chi connectivity index (χ2v) is 7.67. The molecule has 138 valence electrons. The highest BCUT2D eigenvalue weighted by atomic mass is 32.2. The van der Waals surface area contributed by atoms with E-state index in [1.165, 1.54) is 11.3 Å². The summed E-state index contributed by atoms with van der Waals surface area (Å²) < 4.78 is 16.9. The molecular weight excluding hydrogens is 384 g/mol. The van der Waals surface area contributed by atoms with Crippen LogP contribution in [0.25, 0.3) is 11.5 Å². The number of ether oxygens (including phenoxy) is 1. The number of furan rings is 1. The van der Waals surface area contributed by atoms with Crippen molar-refractivity contribution in [2.75, 3.05) is 12.4 Å². The van der Waals surface area contributed by atoms with Crippen molar-refractivity contribution in [1.82, 2.24) is 15.2 Å². The topological polar surface area (TPSA) is 86.2 Å². The van der Waals surface area contributed by atoms with Crippen LogP contribution in [0.5, 0.6) is 5.75 Å².